The van der Waals surface area contributed by atoms with Crippen molar-refractivity contribution in [3.05, 3.63) is 12.2 Å². The second-order valence-corrected chi connectivity index (χ2v) is 6.11. The lowest BCUT2D eigenvalue weighted by atomic mass is 10.1. The number of nitrogen functional groups attached to an aromatic ring is 1. The zero-order valence-electron chi connectivity index (χ0n) is 11.9. The van der Waals surface area contributed by atoms with Crippen LogP contribution in [0.4, 0.5) is 5.82 Å². The molecule has 0 aliphatic carbocycles. The summed E-state index contributed by atoms with van der Waals surface area (Å²) < 4.78 is 19.2. The number of ketones is 1. The highest BCUT2D eigenvalue weighted by Crippen LogP contribution is 2.47. The summed E-state index contributed by atoms with van der Waals surface area (Å²) in [5.74, 6) is -0.501. The molecule has 9 nitrogen and oxygen atoms in total. The molecule has 4 unspecified atom stereocenters. The van der Waals surface area contributed by atoms with Gasteiger partial charge in [-0.3, -0.25) is 9.36 Å². The molecule has 0 aromatic carbocycles. The second kappa shape index (κ2) is 3.62. The fourth-order valence-corrected chi connectivity index (χ4v) is 3.46. The molecule has 2 saturated heterocycles. The van der Waals surface area contributed by atoms with Crippen LogP contribution in [-0.2, 0) is 14.2 Å². The molecule has 5 heterocycles. The van der Waals surface area contributed by atoms with Crippen LogP contribution in [0.3, 0.4) is 0 Å². The molecule has 0 saturated carbocycles. The molecule has 2 fully saturated rings. The standard InChI is InChI=1S/C13H13N5O4/c1-13(2)21-7-6-5(19)11-17-4-9(14)15-3-16-10(4)18(11)12(20-6)8(7)22-13/h3,6-8,12H,1-2H3,(H2,14,15,16). The molecule has 2 bridgehead atoms. The van der Waals surface area contributed by atoms with E-state index >= 15 is 0 Å². The number of nitrogens with zero attached hydrogens (tertiary/aromatic N) is 4. The van der Waals surface area contributed by atoms with E-state index in [-0.39, 0.29) is 17.4 Å². The quantitative estimate of drug-likeness (QED) is 0.724. The Morgan fingerprint density at radius 3 is 2.86 bits per heavy atom. The number of aromatic nitrogens is 4. The van der Waals surface area contributed by atoms with Crippen molar-refractivity contribution < 1.29 is 19.0 Å². The van der Waals surface area contributed by atoms with Gasteiger partial charge in [-0.25, -0.2) is 15.0 Å². The number of Topliss-reactive ketones (excluding diaryl/α,β-unsaturated/α-hetero) is 1. The highest BCUT2D eigenvalue weighted by Gasteiger charge is 2.61. The van der Waals surface area contributed by atoms with E-state index in [1.165, 1.54) is 6.33 Å². The topological polar surface area (TPSA) is 114 Å². The summed E-state index contributed by atoms with van der Waals surface area (Å²) in [7, 11) is 0. The Morgan fingerprint density at radius 2 is 2.05 bits per heavy atom. The number of hydrogen-bond acceptors (Lipinski definition) is 8. The van der Waals surface area contributed by atoms with Crippen LogP contribution < -0.4 is 5.73 Å². The van der Waals surface area contributed by atoms with Crippen molar-refractivity contribution >= 4 is 22.8 Å². The van der Waals surface area contributed by atoms with Gasteiger partial charge in [0, 0.05) is 0 Å². The average Bonchev–Trinajstić information content (AvgIpc) is 3.06. The Bertz CT molecular complexity index is 831. The monoisotopic (exact) mass is 303 g/mol. The molecule has 0 spiro atoms. The molecular formula is C13H13N5O4. The van der Waals surface area contributed by atoms with Crippen molar-refractivity contribution in [1.29, 1.82) is 0 Å². The van der Waals surface area contributed by atoms with E-state index in [1.54, 1.807) is 4.57 Å². The lowest BCUT2D eigenvalue weighted by Gasteiger charge is -2.27. The van der Waals surface area contributed by atoms with Crippen LogP contribution in [0.1, 0.15) is 30.7 Å². The van der Waals surface area contributed by atoms with Crippen molar-refractivity contribution in [2.45, 2.75) is 44.2 Å². The van der Waals surface area contributed by atoms with E-state index in [9.17, 15) is 4.79 Å². The van der Waals surface area contributed by atoms with Crippen molar-refractivity contribution in [3.8, 4) is 0 Å². The van der Waals surface area contributed by atoms with Gasteiger partial charge in [0.25, 0.3) is 0 Å². The maximum atomic E-state index is 12.7. The Morgan fingerprint density at radius 1 is 1.27 bits per heavy atom. The number of rotatable bonds is 0. The summed E-state index contributed by atoms with van der Waals surface area (Å²) >= 11 is 0. The number of fused-ring (bicyclic) bond motifs is 9. The molecule has 114 valence electrons. The fraction of sp³-hybridized carbons (Fsp3) is 0.538. The van der Waals surface area contributed by atoms with Gasteiger partial charge in [0.1, 0.15) is 18.5 Å². The maximum Gasteiger partial charge on any atom is 0.229 e. The van der Waals surface area contributed by atoms with Crippen molar-refractivity contribution in [2.75, 3.05) is 5.73 Å². The van der Waals surface area contributed by atoms with Crippen molar-refractivity contribution in [2.24, 2.45) is 0 Å². The van der Waals surface area contributed by atoms with Gasteiger partial charge >= 0.3 is 0 Å². The van der Waals surface area contributed by atoms with Gasteiger partial charge < -0.3 is 19.9 Å². The minimum Gasteiger partial charge on any atom is -0.382 e. The number of carbonyl (C=O) groups excluding carboxylic acids is 1. The molecule has 0 radical (unpaired) electrons. The molecule has 9 heteroatoms. The second-order valence-electron chi connectivity index (χ2n) is 6.11. The van der Waals surface area contributed by atoms with Gasteiger partial charge in [-0.15, -0.1) is 0 Å². The minimum absolute atomic E-state index is 0.232. The zero-order chi connectivity index (χ0) is 15.2. The SMILES string of the molecule is CC1(C)OC2C3OC(C2O1)n1c(nc2c(N)ncnc21)C3=O. The summed E-state index contributed by atoms with van der Waals surface area (Å²) in [6.07, 6.45) is -0.716. The number of nitrogens with two attached hydrogens (primary N) is 1. The first kappa shape index (κ1) is 12.4. The largest absolute Gasteiger partial charge is 0.382 e. The minimum atomic E-state index is -0.752. The van der Waals surface area contributed by atoms with E-state index < -0.39 is 30.3 Å². The van der Waals surface area contributed by atoms with Crippen LogP contribution in [0, 0.1) is 0 Å². The van der Waals surface area contributed by atoms with Crippen molar-refractivity contribution in [3.63, 3.8) is 0 Å². The highest BCUT2D eigenvalue weighted by atomic mass is 16.8. The number of carbonyl (C=O) groups is 1. The van der Waals surface area contributed by atoms with Gasteiger partial charge in [0.05, 0.1) is 0 Å². The van der Waals surface area contributed by atoms with Crippen LogP contribution in [0.2, 0.25) is 0 Å². The molecule has 3 aliphatic rings. The molecule has 5 rings (SSSR count). The smallest absolute Gasteiger partial charge is 0.229 e. The average molecular weight is 303 g/mol. The lowest BCUT2D eigenvalue weighted by Crippen LogP contribution is -2.38. The Kier molecular flexibility index (Phi) is 2.05. The van der Waals surface area contributed by atoms with Crippen LogP contribution in [-0.4, -0.2) is 49.4 Å². The van der Waals surface area contributed by atoms with Gasteiger partial charge in [0.2, 0.25) is 5.78 Å². The van der Waals surface area contributed by atoms with Gasteiger partial charge in [-0.05, 0) is 13.8 Å². The van der Waals surface area contributed by atoms with Crippen LogP contribution in [0.25, 0.3) is 11.2 Å². The lowest BCUT2D eigenvalue weighted by molar-refractivity contribution is -0.193. The van der Waals surface area contributed by atoms with Gasteiger partial charge in [-0.2, -0.15) is 0 Å². The predicted octanol–water partition coefficient (Wildman–Crippen LogP) is 0.0223. The van der Waals surface area contributed by atoms with Crippen molar-refractivity contribution in [1.82, 2.24) is 19.5 Å². The van der Waals surface area contributed by atoms with E-state index in [2.05, 4.69) is 15.0 Å². The van der Waals surface area contributed by atoms with Crippen LogP contribution in [0.15, 0.2) is 6.33 Å². The molecule has 2 aromatic rings. The van der Waals surface area contributed by atoms with E-state index in [4.69, 9.17) is 19.9 Å². The van der Waals surface area contributed by atoms with E-state index in [1.807, 2.05) is 13.8 Å². The molecule has 22 heavy (non-hydrogen) atoms. The summed E-state index contributed by atoms with van der Waals surface area (Å²) in [6.45, 7) is 3.64. The number of ether oxygens (including phenoxy) is 3. The Labute approximate surface area is 124 Å². The first-order chi connectivity index (χ1) is 10.5. The Balaban J connectivity index is 1.75. The summed E-state index contributed by atoms with van der Waals surface area (Å²) in [5, 5.41) is 0. The first-order valence-corrected chi connectivity index (χ1v) is 7.00. The third-order valence-corrected chi connectivity index (χ3v) is 4.27. The first-order valence-electron chi connectivity index (χ1n) is 7.00. The predicted molar refractivity (Wildman–Crippen MR) is 71.8 cm³/mol. The fourth-order valence-electron chi connectivity index (χ4n) is 3.46. The van der Waals surface area contributed by atoms with Crippen LogP contribution >= 0.6 is 0 Å². The summed E-state index contributed by atoms with van der Waals surface area (Å²) in [5.41, 5.74) is 6.69. The third kappa shape index (κ3) is 1.33. The maximum absolute atomic E-state index is 12.7. The Hall–Kier alpha value is -2.10. The number of hydrogen-bond donors (Lipinski definition) is 1. The normalized spacial score (nSPS) is 34.9. The van der Waals surface area contributed by atoms with E-state index in [0.717, 1.165) is 0 Å². The molecule has 2 N–H and O–H groups in total. The van der Waals surface area contributed by atoms with Gasteiger partial charge in [-0.1, -0.05) is 0 Å². The molecule has 0 amide bonds. The molecule has 3 aliphatic heterocycles. The molecule has 4 atom stereocenters. The number of imidazole rings is 1. The number of anilines is 1. The summed E-state index contributed by atoms with van der Waals surface area (Å²) in [6, 6.07) is 0. The molecular weight excluding hydrogens is 290 g/mol. The molecule has 2 aromatic heterocycles. The highest BCUT2D eigenvalue weighted by molar-refractivity contribution is 6.01. The van der Waals surface area contributed by atoms with Crippen LogP contribution in [0.5, 0.6) is 0 Å². The summed E-state index contributed by atoms with van der Waals surface area (Å²) in [4.78, 5) is 25.1. The third-order valence-electron chi connectivity index (χ3n) is 4.27. The van der Waals surface area contributed by atoms with Gasteiger partial charge in [0.15, 0.2) is 40.9 Å². The zero-order valence-corrected chi connectivity index (χ0v) is 11.9. The van der Waals surface area contributed by atoms with E-state index in [0.29, 0.717) is 11.2 Å².